The Kier molecular flexibility index (Phi) is 6.18. The van der Waals surface area contributed by atoms with Crippen molar-refractivity contribution in [1.29, 1.82) is 0 Å². The summed E-state index contributed by atoms with van der Waals surface area (Å²) in [7, 11) is 0. The fourth-order valence-corrected chi connectivity index (χ4v) is 3.56. The number of para-hydroxylation sites is 1. The molecule has 0 spiro atoms. The van der Waals surface area contributed by atoms with Crippen LogP contribution in [0.1, 0.15) is 31.0 Å². The molecule has 0 saturated heterocycles. The lowest BCUT2D eigenvalue weighted by Crippen LogP contribution is -2.21. The molecule has 4 aromatic rings. The molecule has 0 aliphatic carbocycles. The zero-order valence-corrected chi connectivity index (χ0v) is 18.3. The van der Waals surface area contributed by atoms with Crippen LogP contribution in [0.5, 0.6) is 0 Å². The van der Waals surface area contributed by atoms with Crippen molar-refractivity contribution in [3.8, 4) is 5.69 Å². The number of carbonyl (C=O) groups is 1. The number of hydrogen-bond acceptors (Lipinski definition) is 3. The maximum atomic E-state index is 12.7. The van der Waals surface area contributed by atoms with Gasteiger partial charge in [0.15, 0.2) is 0 Å². The highest BCUT2D eigenvalue weighted by atomic mass is 35.5. The van der Waals surface area contributed by atoms with Crippen LogP contribution in [-0.2, 0) is 6.42 Å². The third-order valence-electron chi connectivity index (χ3n) is 5.05. The van der Waals surface area contributed by atoms with Crippen LogP contribution < -0.4 is 10.6 Å². The molecule has 0 radical (unpaired) electrons. The molecule has 2 aromatic carbocycles. The van der Waals surface area contributed by atoms with Gasteiger partial charge in [0.2, 0.25) is 0 Å². The van der Waals surface area contributed by atoms with Crippen LogP contribution in [0.25, 0.3) is 16.6 Å². The number of carbonyl (C=O) groups excluding carboxylic acids is 1. The Morgan fingerprint density at radius 2 is 1.94 bits per heavy atom. The minimum absolute atomic E-state index is 0.385. The Labute approximate surface area is 186 Å². The van der Waals surface area contributed by atoms with E-state index in [0.717, 1.165) is 47.1 Å². The van der Waals surface area contributed by atoms with Gasteiger partial charge in [0.1, 0.15) is 5.82 Å². The van der Waals surface area contributed by atoms with E-state index in [1.165, 1.54) is 0 Å². The lowest BCUT2D eigenvalue weighted by atomic mass is 10.2. The number of fused-ring (bicyclic) bond motifs is 1. The summed E-state index contributed by atoms with van der Waals surface area (Å²) in [6, 6.07) is 17.0. The number of benzene rings is 2. The quantitative estimate of drug-likeness (QED) is 0.371. The number of urea groups is 1. The van der Waals surface area contributed by atoms with Crippen molar-refractivity contribution in [3.05, 3.63) is 77.1 Å². The Morgan fingerprint density at radius 1 is 1.10 bits per heavy atom. The summed E-state index contributed by atoms with van der Waals surface area (Å²) in [6.07, 6.45) is 4.70. The number of pyridine rings is 1. The van der Waals surface area contributed by atoms with Gasteiger partial charge in [-0.25, -0.2) is 9.48 Å². The standard InChI is InChI=1S/C24H24ClN5O/c1-3-4-10-18-14-22(28-24(31)27-21-12-7-8-16(2)23(21)25)30(29-18)19-13-17-9-5-6-11-20(17)26-15-19/h5-9,11-15H,3-4,10H2,1-2H3,(H2,27,28,31). The first kappa shape index (κ1) is 20.9. The summed E-state index contributed by atoms with van der Waals surface area (Å²) in [5.74, 6) is 0.574. The predicted octanol–water partition coefficient (Wildman–Crippen LogP) is 6.37. The molecule has 158 valence electrons. The van der Waals surface area contributed by atoms with Gasteiger partial charge < -0.3 is 5.32 Å². The number of amides is 2. The fraction of sp³-hybridized carbons (Fsp3) is 0.208. The molecule has 0 aliphatic heterocycles. The summed E-state index contributed by atoms with van der Waals surface area (Å²) in [6.45, 7) is 4.04. The van der Waals surface area contributed by atoms with E-state index in [4.69, 9.17) is 16.7 Å². The van der Waals surface area contributed by atoms with Crippen molar-refractivity contribution in [2.45, 2.75) is 33.1 Å². The molecule has 0 aliphatic rings. The molecule has 6 nitrogen and oxygen atoms in total. The average Bonchev–Trinajstić information content (AvgIpc) is 3.17. The van der Waals surface area contributed by atoms with Crippen molar-refractivity contribution in [2.75, 3.05) is 10.6 Å². The maximum absolute atomic E-state index is 12.7. The third-order valence-corrected chi connectivity index (χ3v) is 5.55. The second-order valence-electron chi connectivity index (χ2n) is 7.44. The van der Waals surface area contributed by atoms with Gasteiger partial charge in [0.25, 0.3) is 0 Å². The molecule has 0 saturated carbocycles. The normalized spacial score (nSPS) is 10.9. The fourth-order valence-electron chi connectivity index (χ4n) is 3.39. The molecular weight excluding hydrogens is 410 g/mol. The molecule has 2 amide bonds. The van der Waals surface area contributed by atoms with Crippen molar-refractivity contribution < 1.29 is 4.79 Å². The molecule has 0 unspecified atom stereocenters. The Balaban J connectivity index is 1.64. The summed E-state index contributed by atoms with van der Waals surface area (Å²) in [5, 5.41) is 12.0. The van der Waals surface area contributed by atoms with Crippen LogP contribution in [0.15, 0.2) is 60.8 Å². The predicted molar refractivity (Wildman–Crippen MR) is 126 cm³/mol. The second kappa shape index (κ2) is 9.18. The number of halogens is 1. The molecular formula is C24H24ClN5O. The molecule has 2 heterocycles. The number of anilines is 2. The molecule has 7 heteroatoms. The van der Waals surface area contributed by atoms with Crippen molar-refractivity contribution in [3.63, 3.8) is 0 Å². The van der Waals surface area contributed by atoms with Gasteiger partial charge in [-0.2, -0.15) is 5.10 Å². The topological polar surface area (TPSA) is 71.8 Å². The lowest BCUT2D eigenvalue weighted by molar-refractivity contribution is 0.262. The maximum Gasteiger partial charge on any atom is 0.324 e. The summed E-state index contributed by atoms with van der Waals surface area (Å²) < 4.78 is 1.72. The Morgan fingerprint density at radius 3 is 2.77 bits per heavy atom. The van der Waals surface area contributed by atoms with Gasteiger partial charge in [0, 0.05) is 11.5 Å². The van der Waals surface area contributed by atoms with Gasteiger partial charge in [-0.15, -0.1) is 0 Å². The second-order valence-corrected chi connectivity index (χ2v) is 7.82. The Hall–Kier alpha value is -3.38. The van der Waals surface area contributed by atoms with Crippen LogP contribution >= 0.6 is 11.6 Å². The van der Waals surface area contributed by atoms with E-state index in [0.29, 0.717) is 16.5 Å². The number of nitrogens with zero attached hydrogens (tertiary/aromatic N) is 3. The van der Waals surface area contributed by atoms with Gasteiger partial charge in [-0.3, -0.25) is 10.3 Å². The zero-order chi connectivity index (χ0) is 21.8. The van der Waals surface area contributed by atoms with Gasteiger partial charge >= 0.3 is 6.03 Å². The smallest absolute Gasteiger partial charge is 0.306 e. The van der Waals surface area contributed by atoms with Crippen LogP contribution in [0.2, 0.25) is 5.02 Å². The first-order valence-corrected chi connectivity index (χ1v) is 10.7. The highest BCUT2D eigenvalue weighted by molar-refractivity contribution is 6.34. The highest BCUT2D eigenvalue weighted by Crippen LogP contribution is 2.26. The van der Waals surface area contributed by atoms with Gasteiger partial charge in [0.05, 0.1) is 33.8 Å². The van der Waals surface area contributed by atoms with Crippen molar-refractivity contribution >= 4 is 40.0 Å². The highest BCUT2D eigenvalue weighted by Gasteiger charge is 2.14. The summed E-state index contributed by atoms with van der Waals surface area (Å²) in [4.78, 5) is 17.3. The number of aromatic nitrogens is 3. The first-order chi connectivity index (χ1) is 15.0. The molecule has 2 aromatic heterocycles. The Bertz CT molecular complexity index is 1230. The van der Waals surface area contributed by atoms with Crippen molar-refractivity contribution in [1.82, 2.24) is 14.8 Å². The van der Waals surface area contributed by atoms with Crippen LogP contribution in [-0.4, -0.2) is 20.8 Å². The SMILES string of the molecule is CCCCc1cc(NC(=O)Nc2cccc(C)c2Cl)n(-c2cnc3ccccc3c2)n1. The molecule has 0 bridgehead atoms. The van der Waals surface area contributed by atoms with E-state index >= 15 is 0 Å². The van der Waals surface area contributed by atoms with E-state index in [-0.39, 0.29) is 6.03 Å². The molecule has 0 atom stereocenters. The largest absolute Gasteiger partial charge is 0.324 e. The molecule has 0 fully saturated rings. The van der Waals surface area contributed by atoms with E-state index < -0.39 is 0 Å². The van der Waals surface area contributed by atoms with E-state index in [2.05, 4.69) is 22.5 Å². The van der Waals surface area contributed by atoms with E-state index in [9.17, 15) is 4.79 Å². The van der Waals surface area contributed by atoms with Crippen molar-refractivity contribution in [2.24, 2.45) is 0 Å². The molecule has 2 N–H and O–H groups in total. The molecule has 31 heavy (non-hydrogen) atoms. The van der Waals surface area contributed by atoms with Gasteiger partial charge in [-0.05, 0) is 43.5 Å². The van der Waals surface area contributed by atoms with Crippen LogP contribution in [0, 0.1) is 6.92 Å². The number of hydrogen-bond donors (Lipinski definition) is 2. The van der Waals surface area contributed by atoms with Crippen LogP contribution in [0.3, 0.4) is 0 Å². The molecule has 4 rings (SSSR count). The third kappa shape index (κ3) is 4.70. The average molecular weight is 434 g/mol. The first-order valence-electron chi connectivity index (χ1n) is 10.3. The van der Waals surface area contributed by atoms with Crippen LogP contribution in [0.4, 0.5) is 16.3 Å². The zero-order valence-electron chi connectivity index (χ0n) is 17.5. The number of aryl methyl sites for hydroxylation is 2. The minimum atomic E-state index is -0.385. The van der Waals surface area contributed by atoms with E-state index in [1.54, 1.807) is 16.9 Å². The minimum Gasteiger partial charge on any atom is -0.306 e. The van der Waals surface area contributed by atoms with Gasteiger partial charge in [-0.1, -0.05) is 55.3 Å². The number of nitrogens with one attached hydrogen (secondary N) is 2. The van der Waals surface area contributed by atoms with E-state index in [1.807, 2.05) is 55.5 Å². The monoisotopic (exact) mass is 433 g/mol. The summed E-state index contributed by atoms with van der Waals surface area (Å²) in [5.41, 5.74) is 4.06. The number of unbranched alkanes of at least 4 members (excludes halogenated alkanes) is 1. The summed E-state index contributed by atoms with van der Waals surface area (Å²) >= 11 is 6.32. The lowest BCUT2D eigenvalue weighted by Gasteiger charge is -2.12. The number of rotatable bonds is 6.